The molecule has 6 nitrogen and oxygen atoms in total. The molecule has 7 heteroatoms. The van der Waals surface area contributed by atoms with Crippen LogP contribution in [-0.4, -0.2) is 48.7 Å². The molecule has 0 aliphatic carbocycles. The van der Waals surface area contributed by atoms with Gasteiger partial charge in [-0.25, -0.2) is 5.48 Å². The highest BCUT2D eigenvalue weighted by Gasteiger charge is 2.30. The summed E-state index contributed by atoms with van der Waals surface area (Å²) in [7, 11) is 4.21. The lowest BCUT2D eigenvalue weighted by Crippen LogP contribution is -2.38. The third-order valence-corrected chi connectivity index (χ3v) is 6.05. The number of fused-ring (bicyclic) bond motifs is 1. The average molecular weight is 457 g/mol. The number of carbonyl (C=O) groups is 1. The third-order valence-electron chi connectivity index (χ3n) is 4.87. The molecule has 0 saturated heterocycles. The van der Waals surface area contributed by atoms with Gasteiger partial charge in [-0.15, -0.1) is 11.8 Å². The smallest absolute Gasteiger partial charge is 0.267 e. The van der Waals surface area contributed by atoms with Gasteiger partial charge in [0.05, 0.1) is 11.4 Å². The molecule has 0 bridgehead atoms. The molecule has 2 unspecified atom stereocenters. The van der Waals surface area contributed by atoms with Gasteiger partial charge >= 0.3 is 0 Å². The Morgan fingerprint density at radius 2 is 1.97 bits per heavy atom. The third kappa shape index (κ3) is 7.58. The molecule has 1 aliphatic heterocycles. The van der Waals surface area contributed by atoms with E-state index in [2.05, 4.69) is 66.5 Å². The van der Waals surface area contributed by atoms with E-state index in [-0.39, 0.29) is 5.50 Å². The highest BCUT2D eigenvalue weighted by molar-refractivity contribution is 7.99. The molecule has 3 N–H and O–H groups in total. The minimum Gasteiger partial charge on any atom is -0.355 e. The molecule has 0 fully saturated rings. The number of rotatable bonds is 9. The van der Waals surface area contributed by atoms with Crippen molar-refractivity contribution < 1.29 is 10.0 Å². The first-order valence-electron chi connectivity index (χ1n) is 11.1. The van der Waals surface area contributed by atoms with Crippen LogP contribution < -0.4 is 15.7 Å². The molecule has 0 aromatic heterocycles. The summed E-state index contributed by atoms with van der Waals surface area (Å²) >= 11 is 1.88. The van der Waals surface area contributed by atoms with Crippen molar-refractivity contribution in [2.24, 2.45) is 5.92 Å². The predicted octanol–water partition coefficient (Wildman–Crippen LogP) is 4.88. The van der Waals surface area contributed by atoms with Crippen LogP contribution in [0.5, 0.6) is 0 Å². The Morgan fingerprint density at radius 1 is 1.25 bits per heavy atom. The van der Waals surface area contributed by atoms with Gasteiger partial charge in [-0.1, -0.05) is 57.2 Å². The van der Waals surface area contributed by atoms with Crippen molar-refractivity contribution in [3.63, 3.8) is 0 Å². The van der Waals surface area contributed by atoms with E-state index >= 15 is 0 Å². The van der Waals surface area contributed by atoms with E-state index in [1.807, 2.05) is 43.8 Å². The number of nitrogens with zero attached hydrogens (tertiary/aromatic N) is 2. The number of nitrogens with one attached hydrogen (secondary N) is 2. The van der Waals surface area contributed by atoms with Crippen molar-refractivity contribution in [3.05, 3.63) is 65.7 Å². The maximum Gasteiger partial charge on any atom is 0.267 e. The lowest BCUT2D eigenvalue weighted by molar-refractivity contribution is -0.124. The predicted molar refractivity (Wildman–Crippen MR) is 137 cm³/mol. The lowest BCUT2D eigenvalue weighted by atomic mass is 10.1. The van der Waals surface area contributed by atoms with Crippen molar-refractivity contribution in [1.29, 1.82) is 0 Å². The second-order valence-corrected chi connectivity index (χ2v) is 8.97. The zero-order chi connectivity index (χ0) is 23.5. The highest BCUT2D eigenvalue weighted by atomic mass is 32.2. The Labute approximate surface area is 196 Å². The fourth-order valence-electron chi connectivity index (χ4n) is 3.66. The number of hydroxylamine groups is 1. The van der Waals surface area contributed by atoms with E-state index in [1.165, 1.54) is 17.3 Å². The van der Waals surface area contributed by atoms with Gasteiger partial charge in [-0.05, 0) is 49.3 Å². The number of benzene rings is 2. The Balaban J connectivity index is 0.00000176. The van der Waals surface area contributed by atoms with Crippen molar-refractivity contribution in [2.75, 3.05) is 37.4 Å². The second kappa shape index (κ2) is 13.2. The summed E-state index contributed by atoms with van der Waals surface area (Å²) in [6.45, 7) is 8.26. The normalized spacial score (nSPS) is 15.7. The first-order chi connectivity index (χ1) is 15.5. The van der Waals surface area contributed by atoms with Crippen LogP contribution in [0, 0.1) is 5.92 Å². The van der Waals surface area contributed by atoms with Crippen LogP contribution >= 0.6 is 11.8 Å². The van der Waals surface area contributed by atoms with Gasteiger partial charge in [0.1, 0.15) is 5.50 Å². The largest absolute Gasteiger partial charge is 0.355 e. The topological polar surface area (TPSA) is 67.8 Å². The fourth-order valence-corrected chi connectivity index (χ4v) is 4.79. The molecule has 32 heavy (non-hydrogen) atoms. The number of hydrogen-bond acceptors (Lipinski definition) is 6. The van der Waals surface area contributed by atoms with Gasteiger partial charge in [-0.3, -0.25) is 10.0 Å². The molecule has 174 valence electrons. The maximum absolute atomic E-state index is 11.3. The second-order valence-electron chi connectivity index (χ2n) is 7.90. The van der Waals surface area contributed by atoms with E-state index in [9.17, 15) is 4.79 Å². The van der Waals surface area contributed by atoms with Gasteiger partial charge in [0.2, 0.25) is 0 Å². The number of thioether (sulfide) groups is 1. The van der Waals surface area contributed by atoms with Gasteiger partial charge < -0.3 is 15.1 Å². The summed E-state index contributed by atoms with van der Waals surface area (Å²) in [6.07, 6.45) is 3.01. The molecular weight excluding hydrogens is 420 g/mol. The van der Waals surface area contributed by atoms with Gasteiger partial charge in [0, 0.05) is 24.9 Å². The molecule has 2 aromatic rings. The van der Waals surface area contributed by atoms with E-state index < -0.39 is 5.91 Å². The molecule has 1 aliphatic rings. The number of amides is 1. The minimum absolute atomic E-state index is 0.143. The van der Waals surface area contributed by atoms with Crippen molar-refractivity contribution >= 4 is 35.1 Å². The zero-order valence-electron chi connectivity index (χ0n) is 19.7. The monoisotopic (exact) mass is 456 g/mol. The Kier molecular flexibility index (Phi) is 10.6. The molecule has 1 heterocycles. The van der Waals surface area contributed by atoms with Crippen LogP contribution in [0.3, 0.4) is 0 Å². The van der Waals surface area contributed by atoms with E-state index in [0.29, 0.717) is 5.92 Å². The van der Waals surface area contributed by atoms with Gasteiger partial charge in [0.15, 0.2) is 0 Å². The van der Waals surface area contributed by atoms with Crippen LogP contribution in [0.4, 0.5) is 11.4 Å². The summed E-state index contributed by atoms with van der Waals surface area (Å²) in [4.78, 5) is 15.9. The summed E-state index contributed by atoms with van der Waals surface area (Å²) in [5, 5.41) is 12.3. The highest BCUT2D eigenvalue weighted by Crippen LogP contribution is 2.40. The zero-order valence-corrected chi connectivity index (χ0v) is 20.5. The van der Waals surface area contributed by atoms with Crippen molar-refractivity contribution in [3.8, 4) is 0 Å². The molecule has 2 aromatic carbocycles. The SMILES string of the molecule is CC.CC(CN(C)C)CN1c2ccc(/C=C/C(=O)NO)cc2NC1SCc1ccccc1. The Morgan fingerprint density at radius 3 is 2.62 bits per heavy atom. The average Bonchev–Trinajstić information content (AvgIpc) is 3.13. The Hall–Kier alpha value is -2.48. The molecule has 0 saturated carbocycles. The van der Waals surface area contributed by atoms with Crippen LogP contribution in [-0.2, 0) is 10.5 Å². The first kappa shape index (κ1) is 25.8. The quantitative estimate of drug-likeness (QED) is 0.284. The summed E-state index contributed by atoms with van der Waals surface area (Å²) in [5.74, 6) is 0.897. The number of carbonyl (C=O) groups excluding carboxylic acids is 1. The molecule has 2 atom stereocenters. The van der Waals surface area contributed by atoms with Gasteiger partial charge in [-0.2, -0.15) is 0 Å². The minimum atomic E-state index is -0.543. The summed E-state index contributed by atoms with van der Waals surface area (Å²) < 4.78 is 0. The number of hydrogen-bond donors (Lipinski definition) is 3. The Bertz CT molecular complexity index is 874. The van der Waals surface area contributed by atoms with Crippen LogP contribution in [0.25, 0.3) is 6.08 Å². The maximum atomic E-state index is 11.3. The first-order valence-corrected chi connectivity index (χ1v) is 12.1. The van der Waals surface area contributed by atoms with Crippen LogP contribution in [0.1, 0.15) is 31.9 Å². The molecule has 0 radical (unpaired) electrons. The number of anilines is 2. The molecular formula is C25H36N4O2S. The van der Waals surface area contributed by atoms with Crippen molar-refractivity contribution in [2.45, 2.75) is 32.0 Å². The summed E-state index contributed by atoms with van der Waals surface area (Å²) in [6, 6.07) is 16.6. The van der Waals surface area contributed by atoms with E-state index in [0.717, 1.165) is 30.1 Å². The molecule has 1 amide bonds. The van der Waals surface area contributed by atoms with E-state index in [4.69, 9.17) is 5.21 Å². The van der Waals surface area contributed by atoms with Gasteiger partial charge in [0.25, 0.3) is 5.91 Å². The lowest BCUT2D eigenvalue weighted by Gasteiger charge is -2.30. The summed E-state index contributed by atoms with van der Waals surface area (Å²) in [5.41, 5.74) is 6.20. The fraction of sp³-hybridized carbons (Fsp3) is 0.400. The van der Waals surface area contributed by atoms with Crippen LogP contribution in [0.15, 0.2) is 54.6 Å². The van der Waals surface area contributed by atoms with Crippen molar-refractivity contribution in [1.82, 2.24) is 10.4 Å². The van der Waals surface area contributed by atoms with E-state index in [1.54, 1.807) is 11.6 Å². The molecule has 3 rings (SSSR count). The van der Waals surface area contributed by atoms with Crippen LogP contribution in [0.2, 0.25) is 0 Å². The standard InChI is InChI=1S/C23H30N4O2S.C2H6/c1-17(14-26(2)3)15-27-21-11-9-18(10-12-22(28)25-29)13-20(21)24-23(27)30-16-19-7-5-4-6-8-19;1-2/h4-13,17,23-24,29H,14-16H2,1-3H3,(H,25,28);1-2H3/b12-10+;. The molecule has 0 spiro atoms.